The van der Waals surface area contributed by atoms with Gasteiger partial charge in [-0.1, -0.05) is 18.2 Å². The molecule has 0 fully saturated rings. The summed E-state index contributed by atoms with van der Waals surface area (Å²) in [6.45, 7) is 3.32. The first-order valence-electron chi connectivity index (χ1n) is 5.49. The minimum absolute atomic E-state index is 0.188. The molecular formula is C13H16O3. The lowest BCUT2D eigenvalue weighted by molar-refractivity contribution is -0.141. The molecular weight excluding hydrogens is 204 g/mol. The van der Waals surface area contributed by atoms with Crippen molar-refractivity contribution in [3.05, 3.63) is 34.9 Å². The number of rotatable bonds is 2. The smallest absolute Gasteiger partial charge is 0.312 e. The fourth-order valence-corrected chi connectivity index (χ4v) is 1.97. The Labute approximate surface area is 95.4 Å². The molecule has 0 N–H and O–H groups in total. The number of esters is 1. The molecule has 1 unspecified atom stereocenters. The lowest BCUT2D eigenvalue weighted by atomic mass is 9.94. The molecule has 0 aromatic heterocycles. The van der Waals surface area contributed by atoms with Crippen molar-refractivity contribution in [1.82, 2.24) is 0 Å². The van der Waals surface area contributed by atoms with Crippen LogP contribution in [0.2, 0.25) is 0 Å². The van der Waals surface area contributed by atoms with Gasteiger partial charge < -0.3 is 9.47 Å². The fraction of sp³-hybridized carbons (Fsp3) is 0.462. The van der Waals surface area contributed by atoms with Crippen LogP contribution in [-0.2, 0) is 27.3 Å². The van der Waals surface area contributed by atoms with E-state index in [1.807, 2.05) is 19.1 Å². The summed E-state index contributed by atoms with van der Waals surface area (Å²) in [4.78, 5) is 11.4. The largest absolute Gasteiger partial charge is 0.469 e. The summed E-state index contributed by atoms with van der Waals surface area (Å²) >= 11 is 0. The van der Waals surface area contributed by atoms with Crippen molar-refractivity contribution >= 4 is 5.97 Å². The van der Waals surface area contributed by atoms with Gasteiger partial charge >= 0.3 is 5.97 Å². The number of methoxy groups -OCH3 is 1. The van der Waals surface area contributed by atoms with Crippen LogP contribution in [0.15, 0.2) is 18.2 Å². The zero-order valence-corrected chi connectivity index (χ0v) is 9.66. The molecule has 0 bridgehead atoms. The van der Waals surface area contributed by atoms with E-state index in [4.69, 9.17) is 9.47 Å². The maximum absolute atomic E-state index is 11.4. The molecule has 0 saturated heterocycles. The van der Waals surface area contributed by atoms with Gasteiger partial charge in [-0.05, 0) is 30.0 Å². The van der Waals surface area contributed by atoms with E-state index in [1.54, 1.807) is 0 Å². The minimum atomic E-state index is -0.196. The quantitative estimate of drug-likeness (QED) is 0.715. The van der Waals surface area contributed by atoms with E-state index in [1.165, 1.54) is 18.2 Å². The molecule has 0 aliphatic carbocycles. The van der Waals surface area contributed by atoms with Gasteiger partial charge in [-0.25, -0.2) is 0 Å². The van der Waals surface area contributed by atoms with E-state index in [2.05, 4.69) is 6.07 Å². The van der Waals surface area contributed by atoms with Gasteiger partial charge in [0, 0.05) is 0 Å². The van der Waals surface area contributed by atoms with Gasteiger partial charge in [-0.3, -0.25) is 4.79 Å². The number of carbonyl (C=O) groups is 1. The maximum atomic E-state index is 11.4. The van der Waals surface area contributed by atoms with E-state index < -0.39 is 0 Å². The number of hydrogen-bond donors (Lipinski definition) is 0. The van der Waals surface area contributed by atoms with Crippen LogP contribution < -0.4 is 0 Å². The summed E-state index contributed by atoms with van der Waals surface area (Å²) in [5.74, 6) is -0.384. The SMILES string of the molecule is COC(=O)C(C)c1ccc2c(c1)CCOC2. The highest BCUT2D eigenvalue weighted by Crippen LogP contribution is 2.23. The molecule has 86 valence electrons. The van der Waals surface area contributed by atoms with Crippen molar-refractivity contribution in [3.63, 3.8) is 0 Å². The van der Waals surface area contributed by atoms with Gasteiger partial charge in [0.15, 0.2) is 0 Å². The standard InChI is InChI=1S/C13H16O3/c1-9(13(14)15-2)10-3-4-12-8-16-6-5-11(12)7-10/h3-4,7,9H,5-6,8H2,1-2H3. The molecule has 1 aliphatic rings. The van der Waals surface area contributed by atoms with E-state index >= 15 is 0 Å². The number of carbonyl (C=O) groups excluding carboxylic acids is 1. The van der Waals surface area contributed by atoms with Crippen molar-refractivity contribution in [2.45, 2.75) is 25.9 Å². The summed E-state index contributed by atoms with van der Waals surface area (Å²) in [7, 11) is 1.42. The number of fused-ring (bicyclic) bond motifs is 1. The van der Waals surface area contributed by atoms with Gasteiger partial charge in [0.05, 0.1) is 26.2 Å². The van der Waals surface area contributed by atoms with Crippen LogP contribution in [0.1, 0.15) is 29.5 Å². The highest BCUT2D eigenvalue weighted by molar-refractivity contribution is 5.77. The second-order valence-electron chi connectivity index (χ2n) is 4.08. The Morgan fingerprint density at radius 2 is 2.25 bits per heavy atom. The summed E-state index contributed by atoms with van der Waals surface area (Å²) < 4.78 is 10.1. The molecule has 1 aromatic rings. The molecule has 1 aromatic carbocycles. The molecule has 16 heavy (non-hydrogen) atoms. The van der Waals surface area contributed by atoms with E-state index in [0.717, 1.165) is 18.6 Å². The van der Waals surface area contributed by atoms with Crippen LogP contribution in [0.4, 0.5) is 0 Å². The third-order valence-electron chi connectivity index (χ3n) is 3.06. The predicted octanol–water partition coefficient (Wildman–Crippen LogP) is 2.04. The zero-order chi connectivity index (χ0) is 11.5. The van der Waals surface area contributed by atoms with Crippen molar-refractivity contribution in [2.24, 2.45) is 0 Å². The Morgan fingerprint density at radius 1 is 1.44 bits per heavy atom. The van der Waals surface area contributed by atoms with Crippen LogP contribution in [-0.4, -0.2) is 19.7 Å². The van der Waals surface area contributed by atoms with Gasteiger partial charge in [0.1, 0.15) is 0 Å². The van der Waals surface area contributed by atoms with Crippen molar-refractivity contribution in [3.8, 4) is 0 Å². The summed E-state index contributed by atoms with van der Waals surface area (Å²) in [5.41, 5.74) is 3.54. The first-order valence-corrected chi connectivity index (χ1v) is 5.49. The molecule has 2 rings (SSSR count). The predicted molar refractivity (Wildman–Crippen MR) is 60.2 cm³/mol. The van der Waals surface area contributed by atoms with Crippen molar-refractivity contribution in [1.29, 1.82) is 0 Å². The molecule has 1 aliphatic heterocycles. The molecule has 0 radical (unpaired) electrons. The summed E-state index contributed by atoms with van der Waals surface area (Å²) in [6, 6.07) is 6.12. The number of hydrogen-bond acceptors (Lipinski definition) is 3. The average molecular weight is 220 g/mol. The van der Waals surface area contributed by atoms with Gasteiger partial charge in [0.2, 0.25) is 0 Å². The molecule has 0 amide bonds. The van der Waals surface area contributed by atoms with Gasteiger partial charge in [-0.15, -0.1) is 0 Å². The second-order valence-corrected chi connectivity index (χ2v) is 4.08. The number of benzene rings is 1. The van der Waals surface area contributed by atoms with E-state index in [0.29, 0.717) is 6.61 Å². The van der Waals surface area contributed by atoms with Crippen LogP contribution in [0.5, 0.6) is 0 Å². The van der Waals surface area contributed by atoms with Crippen LogP contribution >= 0.6 is 0 Å². The first-order chi connectivity index (χ1) is 7.72. The minimum Gasteiger partial charge on any atom is -0.469 e. The molecule has 3 heteroatoms. The molecule has 0 saturated carbocycles. The van der Waals surface area contributed by atoms with Crippen molar-refractivity contribution in [2.75, 3.05) is 13.7 Å². The number of ether oxygens (including phenoxy) is 2. The third kappa shape index (κ3) is 2.09. The lowest BCUT2D eigenvalue weighted by Crippen LogP contribution is -2.14. The average Bonchev–Trinajstić information content (AvgIpc) is 2.36. The van der Waals surface area contributed by atoms with Crippen LogP contribution in [0.25, 0.3) is 0 Å². The summed E-state index contributed by atoms with van der Waals surface area (Å²) in [5, 5.41) is 0. The highest BCUT2D eigenvalue weighted by atomic mass is 16.5. The highest BCUT2D eigenvalue weighted by Gasteiger charge is 2.18. The second kappa shape index (κ2) is 4.66. The monoisotopic (exact) mass is 220 g/mol. The van der Waals surface area contributed by atoms with Crippen molar-refractivity contribution < 1.29 is 14.3 Å². The third-order valence-corrected chi connectivity index (χ3v) is 3.06. The Balaban J connectivity index is 2.26. The Bertz CT molecular complexity index is 398. The molecule has 1 heterocycles. The normalized spacial score (nSPS) is 16.4. The maximum Gasteiger partial charge on any atom is 0.312 e. The topological polar surface area (TPSA) is 35.5 Å². The first kappa shape index (κ1) is 11.1. The Morgan fingerprint density at radius 3 is 3.00 bits per heavy atom. The van der Waals surface area contributed by atoms with Gasteiger partial charge in [0.25, 0.3) is 0 Å². The van der Waals surface area contributed by atoms with Crippen LogP contribution in [0.3, 0.4) is 0 Å². The Kier molecular flexibility index (Phi) is 3.25. The van der Waals surface area contributed by atoms with E-state index in [-0.39, 0.29) is 11.9 Å². The lowest BCUT2D eigenvalue weighted by Gasteiger charge is -2.18. The molecule has 1 atom stereocenters. The Hall–Kier alpha value is -1.35. The zero-order valence-electron chi connectivity index (χ0n) is 9.66. The van der Waals surface area contributed by atoms with Crippen LogP contribution in [0, 0.1) is 0 Å². The van der Waals surface area contributed by atoms with Gasteiger partial charge in [-0.2, -0.15) is 0 Å². The summed E-state index contributed by atoms with van der Waals surface area (Å²) in [6.07, 6.45) is 0.928. The van der Waals surface area contributed by atoms with E-state index in [9.17, 15) is 4.79 Å². The molecule has 3 nitrogen and oxygen atoms in total. The molecule has 0 spiro atoms. The fourth-order valence-electron chi connectivity index (χ4n) is 1.97.